The Morgan fingerprint density at radius 2 is 2.05 bits per heavy atom. The summed E-state index contributed by atoms with van der Waals surface area (Å²) in [4.78, 5) is 16.4. The first kappa shape index (κ1) is 13.6. The van der Waals surface area contributed by atoms with Gasteiger partial charge in [0.05, 0.1) is 6.54 Å². The summed E-state index contributed by atoms with van der Waals surface area (Å²) in [6.07, 6.45) is 3.63. The maximum Gasteiger partial charge on any atom is 0.238 e. The van der Waals surface area contributed by atoms with Crippen LogP contribution in [-0.2, 0) is 10.5 Å². The average Bonchev–Trinajstić information content (AvgIpc) is 2.47. The molecule has 1 heterocycles. The van der Waals surface area contributed by atoms with E-state index in [9.17, 15) is 4.79 Å². The van der Waals surface area contributed by atoms with Crippen LogP contribution in [0.5, 0.6) is 0 Å². The molecule has 5 heteroatoms. The highest BCUT2D eigenvalue weighted by atomic mass is 32.2. The van der Waals surface area contributed by atoms with E-state index in [2.05, 4.69) is 16.4 Å². The molecule has 1 aromatic heterocycles. The Labute approximate surface area is 116 Å². The van der Waals surface area contributed by atoms with Crippen LogP contribution in [-0.4, -0.2) is 17.4 Å². The van der Waals surface area contributed by atoms with Gasteiger partial charge in [-0.25, -0.2) is 0 Å². The van der Waals surface area contributed by atoms with Crippen LogP contribution in [0.25, 0.3) is 0 Å². The zero-order valence-corrected chi connectivity index (χ0v) is 11.2. The summed E-state index contributed by atoms with van der Waals surface area (Å²) >= 11 is 1.73. The Bertz CT molecular complexity index is 528. The number of benzene rings is 1. The van der Waals surface area contributed by atoms with Gasteiger partial charge in [0.15, 0.2) is 0 Å². The summed E-state index contributed by atoms with van der Waals surface area (Å²) in [6.45, 7) is -0.00247. The summed E-state index contributed by atoms with van der Waals surface area (Å²) in [5.41, 5.74) is 7.19. The number of aromatic nitrogens is 1. The highest BCUT2D eigenvalue weighted by molar-refractivity contribution is 7.98. The van der Waals surface area contributed by atoms with Gasteiger partial charge in [-0.2, -0.15) is 0 Å². The van der Waals surface area contributed by atoms with Crippen LogP contribution in [0.4, 0.5) is 5.69 Å². The van der Waals surface area contributed by atoms with Gasteiger partial charge in [-0.15, -0.1) is 11.8 Å². The number of rotatable bonds is 5. The minimum Gasteiger partial charge on any atom is -0.325 e. The fourth-order valence-electron chi connectivity index (χ4n) is 1.50. The second-order valence-corrected chi connectivity index (χ2v) is 4.98. The number of nitrogens with one attached hydrogen (secondary N) is 1. The van der Waals surface area contributed by atoms with Gasteiger partial charge in [0, 0.05) is 28.7 Å². The molecule has 98 valence electrons. The molecule has 2 rings (SSSR count). The molecule has 0 aliphatic rings. The lowest BCUT2D eigenvalue weighted by Gasteiger charge is -2.05. The number of anilines is 1. The summed E-state index contributed by atoms with van der Waals surface area (Å²) in [5.74, 6) is 0.693. The van der Waals surface area contributed by atoms with Gasteiger partial charge in [0.2, 0.25) is 5.91 Å². The average molecular weight is 273 g/mol. The third-order valence-electron chi connectivity index (χ3n) is 2.45. The topological polar surface area (TPSA) is 68.0 Å². The van der Waals surface area contributed by atoms with Gasteiger partial charge < -0.3 is 11.1 Å². The van der Waals surface area contributed by atoms with Crippen LogP contribution in [0.1, 0.15) is 5.56 Å². The molecule has 0 aliphatic carbocycles. The monoisotopic (exact) mass is 273 g/mol. The molecule has 0 spiro atoms. The molecule has 1 aromatic carbocycles. The van der Waals surface area contributed by atoms with Crippen molar-refractivity contribution in [3.8, 4) is 0 Å². The molecule has 2 aromatic rings. The summed E-state index contributed by atoms with van der Waals surface area (Å²) in [6, 6.07) is 11.7. The lowest BCUT2D eigenvalue weighted by atomic mass is 10.3. The molecule has 0 aliphatic heterocycles. The highest BCUT2D eigenvalue weighted by Gasteiger charge is 2.00. The van der Waals surface area contributed by atoms with E-state index in [1.807, 2.05) is 36.5 Å². The van der Waals surface area contributed by atoms with Crippen LogP contribution in [0, 0.1) is 0 Å². The van der Waals surface area contributed by atoms with Crippen LogP contribution >= 0.6 is 11.8 Å². The van der Waals surface area contributed by atoms with Crippen LogP contribution < -0.4 is 11.1 Å². The van der Waals surface area contributed by atoms with E-state index in [-0.39, 0.29) is 12.5 Å². The third-order valence-corrected chi connectivity index (χ3v) is 3.53. The number of pyridine rings is 1. The maximum absolute atomic E-state index is 11.1. The molecule has 0 radical (unpaired) electrons. The van der Waals surface area contributed by atoms with E-state index in [4.69, 9.17) is 5.73 Å². The second kappa shape index (κ2) is 6.92. The number of hydrogen-bond donors (Lipinski definition) is 2. The molecule has 0 fully saturated rings. The Kier molecular flexibility index (Phi) is 4.94. The Morgan fingerprint density at radius 3 is 2.68 bits per heavy atom. The van der Waals surface area contributed by atoms with E-state index >= 15 is 0 Å². The molecule has 19 heavy (non-hydrogen) atoms. The van der Waals surface area contributed by atoms with Gasteiger partial charge in [-0.3, -0.25) is 9.78 Å². The van der Waals surface area contributed by atoms with Gasteiger partial charge >= 0.3 is 0 Å². The first-order valence-electron chi connectivity index (χ1n) is 5.89. The molecule has 0 saturated heterocycles. The number of thioether (sulfide) groups is 1. The van der Waals surface area contributed by atoms with Crippen molar-refractivity contribution in [1.29, 1.82) is 0 Å². The molecule has 4 nitrogen and oxygen atoms in total. The Hall–Kier alpha value is -1.85. The largest absolute Gasteiger partial charge is 0.325 e. The van der Waals surface area contributed by atoms with Crippen molar-refractivity contribution in [2.45, 2.75) is 10.6 Å². The minimum atomic E-state index is -0.184. The number of hydrogen-bond acceptors (Lipinski definition) is 4. The van der Waals surface area contributed by atoms with Gasteiger partial charge in [0.25, 0.3) is 0 Å². The Morgan fingerprint density at radius 1 is 1.26 bits per heavy atom. The Balaban J connectivity index is 1.90. The molecule has 1 amide bonds. The first-order valence-corrected chi connectivity index (χ1v) is 6.88. The lowest BCUT2D eigenvalue weighted by molar-refractivity contribution is -0.114. The number of carbonyl (C=O) groups excluding carboxylic acids is 1. The van der Waals surface area contributed by atoms with Crippen molar-refractivity contribution in [2.24, 2.45) is 5.73 Å². The molecule has 0 bridgehead atoms. The molecule has 0 saturated carbocycles. The standard InChI is InChI=1S/C14H15N3OS/c15-8-14(18)17-12-3-5-13(6-4-12)19-10-11-2-1-7-16-9-11/h1-7,9H,8,10,15H2,(H,17,18). The van der Waals surface area contributed by atoms with Crippen molar-refractivity contribution in [3.05, 3.63) is 54.4 Å². The third kappa shape index (κ3) is 4.39. The van der Waals surface area contributed by atoms with Crippen molar-refractivity contribution in [3.63, 3.8) is 0 Å². The first-order chi connectivity index (χ1) is 9.28. The number of nitrogens with zero attached hydrogens (tertiary/aromatic N) is 1. The fourth-order valence-corrected chi connectivity index (χ4v) is 2.33. The number of carbonyl (C=O) groups is 1. The quantitative estimate of drug-likeness (QED) is 0.820. The van der Waals surface area contributed by atoms with Gasteiger partial charge in [0.1, 0.15) is 0 Å². The normalized spacial score (nSPS) is 10.2. The SMILES string of the molecule is NCC(=O)Nc1ccc(SCc2cccnc2)cc1. The summed E-state index contributed by atoms with van der Waals surface area (Å²) < 4.78 is 0. The predicted molar refractivity (Wildman–Crippen MR) is 77.9 cm³/mol. The van der Waals surface area contributed by atoms with Crippen LogP contribution in [0.3, 0.4) is 0 Å². The van der Waals surface area contributed by atoms with E-state index in [0.29, 0.717) is 0 Å². The molecular formula is C14H15N3OS. The summed E-state index contributed by atoms with van der Waals surface area (Å²) in [5, 5.41) is 2.71. The van der Waals surface area contributed by atoms with Crippen molar-refractivity contribution in [2.75, 3.05) is 11.9 Å². The van der Waals surface area contributed by atoms with Crippen molar-refractivity contribution >= 4 is 23.4 Å². The highest BCUT2D eigenvalue weighted by Crippen LogP contribution is 2.23. The van der Waals surface area contributed by atoms with E-state index in [1.54, 1.807) is 18.0 Å². The van der Waals surface area contributed by atoms with Gasteiger partial charge in [-0.05, 0) is 35.9 Å². The molecular weight excluding hydrogens is 258 g/mol. The summed E-state index contributed by atoms with van der Waals surface area (Å²) in [7, 11) is 0. The lowest BCUT2D eigenvalue weighted by Crippen LogP contribution is -2.21. The zero-order valence-electron chi connectivity index (χ0n) is 10.4. The van der Waals surface area contributed by atoms with E-state index in [1.165, 1.54) is 5.56 Å². The van der Waals surface area contributed by atoms with Gasteiger partial charge in [-0.1, -0.05) is 6.07 Å². The fraction of sp³-hybridized carbons (Fsp3) is 0.143. The van der Waals surface area contributed by atoms with Crippen molar-refractivity contribution in [1.82, 2.24) is 4.98 Å². The van der Waals surface area contributed by atoms with Crippen LogP contribution in [0.2, 0.25) is 0 Å². The maximum atomic E-state index is 11.1. The van der Waals surface area contributed by atoms with E-state index in [0.717, 1.165) is 16.3 Å². The minimum absolute atomic E-state index is 0.00247. The number of amides is 1. The second-order valence-electron chi connectivity index (χ2n) is 3.93. The molecule has 0 atom stereocenters. The number of nitrogens with two attached hydrogens (primary N) is 1. The predicted octanol–water partition coefficient (Wildman–Crippen LogP) is 2.27. The smallest absolute Gasteiger partial charge is 0.238 e. The van der Waals surface area contributed by atoms with Crippen LogP contribution in [0.15, 0.2) is 53.7 Å². The van der Waals surface area contributed by atoms with Crippen molar-refractivity contribution < 1.29 is 4.79 Å². The zero-order chi connectivity index (χ0) is 13.5. The van der Waals surface area contributed by atoms with E-state index < -0.39 is 0 Å². The molecule has 3 N–H and O–H groups in total. The molecule has 0 unspecified atom stereocenters.